The van der Waals surface area contributed by atoms with Gasteiger partial charge in [0.05, 0.1) is 25.7 Å². The number of methoxy groups -OCH3 is 1. The molecule has 6 nitrogen and oxygen atoms in total. The maximum atomic E-state index is 13.1. The Kier molecular flexibility index (Phi) is 3.13. The molecule has 5 fully saturated rings. The van der Waals surface area contributed by atoms with Crippen molar-refractivity contribution in [3.63, 3.8) is 0 Å². The van der Waals surface area contributed by atoms with E-state index in [1.165, 1.54) is 7.11 Å². The highest BCUT2D eigenvalue weighted by Crippen LogP contribution is 2.62. The summed E-state index contributed by atoms with van der Waals surface area (Å²) in [6, 6.07) is 0.271. The Morgan fingerprint density at radius 1 is 1.32 bits per heavy atom. The Morgan fingerprint density at radius 3 is 2.64 bits per heavy atom. The highest BCUT2D eigenvalue weighted by Gasteiger charge is 2.63. The minimum Gasteiger partial charge on any atom is -0.469 e. The number of hydrogen-bond acceptors (Lipinski definition) is 4. The number of aliphatic hydroxyl groups is 1. The lowest BCUT2D eigenvalue weighted by Gasteiger charge is -2.60. The van der Waals surface area contributed by atoms with Crippen LogP contribution in [0.15, 0.2) is 12.2 Å². The first kappa shape index (κ1) is 15.7. The van der Waals surface area contributed by atoms with Gasteiger partial charge in [0.1, 0.15) is 5.54 Å². The van der Waals surface area contributed by atoms with E-state index in [0.717, 1.165) is 32.1 Å². The number of nitrogens with zero attached hydrogens (tertiary/aromatic N) is 2. The number of carbonyl (C=O) groups is 2. The fourth-order valence-electron chi connectivity index (χ4n) is 6.97. The summed E-state index contributed by atoms with van der Waals surface area (Å²) in [6.45, 7) is 1.14. The normalized spacial score (nSPS) is 46.9. The van der Waals surface area contributed by atoms with Gasteiger partial charge in [0.15, 0.2) is 0 Å². The van der Waals surface area contributed by atoms with Crippen molar-refractivity contribution in [2.24, 2.45) is 23.2 Å². The summed E-state index contributed by atoms with van der Waals surface area (Å²) >= 11 is 0. The molecule has 6 rings (SSSR count). The molecule has 0 aromatic heterocycles. The van der Waals surface area contributed by atoms with E-state index in [2.05, 4.69) is 0 Å². The van der Waals surface area contributed by atoms with E-state index in [9.17, 15) is 14.7 Å². The molecule has 25 heavy (non-hydrogen) atoms. The third kappa shape index (κ3) is 1.89. The van der Waals surface area contributed by atoms with Gasteiger partial charge in [-0.1, -0.05) is 12.2 Å². The second-order valence-electron chi connectivity index (χ2n) is 8.92. The summed E-state index contributed by atoms with van der Waals surface area (Å²) in [6.07, 6.45) is 8.87. The average molecular weight is 346 g/mol. The lowest BCUT2D eigenvalue weighted by atomic mass is 9.47. The van der Waals surface area contributed by atoms with Crippen molar-refractivity contribution in [3.8, 4) is 0 Å². The molecule has 3 atom stereocenters. The molecule has 1 N–H and O–H groups in total. The standard InChI is InChI=1S/C19H26N2O4/c1-25-16(23)18-7-12-5-13(8-18)15(14(6-12)9-18)20-10-19(11-22)3-2-4-21(19)17(20)24/h2-3,12-15,22H,4-11H2,1H3. The molecule has 2 aliphatic heterocycles. The van der Waals surface area contributed by atoms with E-state index in [-0.39, 0.29) is 30.1 Å². The second kappa shape index (κ2) is 5.00. The molecule has 4 bridgehead atoms. The van der Waals surface area contributed by atoms with Crippen molar-refractivity contribution in [2.45, 2.75) is 43.7 Å². The number of aliphatic hydroxyl groups excluding tert-OH is 1. The van der Waals surface area contributed by atoms with Crippen molar-refractivity contribution in [1.29, 1.82) is 0 Å². The summed E-state index contributed by atoms with van der Waals surface area (Å²) in [5, 5.41) is 9.93. The number of ether oxygens (including phenoxy) is 1. The van der Waals surface area contributed by atoms with Crippen LogP contribution in [0.4, 0.5) is 4.79 Å². The Bertz CT molecular complexity index is 646. The summed E-state index contributed by atoms with van der Waals surface area (Å²) in [4.78, 5) is 29.4. The van der Waals surface area contributed by atoms with Crippen LogP contribution in [0.25, 0.3) is 0 Å². The number of fused-ring (bicyclic) bond motifs is 1. The minimum atomic E-state index is -0.536. The SMILES string of the molecule is COC(=O)C12CC3CC(C1)C(N1CC4(CO)C=CCN4C1=O)C(C3)C2. The molecule has 0 radical (unpaired) electrons. The van der Waals surface area contributed by atoms with E-state index in [4.69, 9.17) is 4.74 Å². The summed E-state index contributed by atoms with van der Waals surface area (Å²) in [5.41, 5.74) is -0.846. The van der Waals surface area contributed by atoms with E-state index in [1.54, 1.807) is 0 Å². The molecular weight excluding hydrogens is 320 g/mol. The molecule has 0 aromatic rings. The van der Waals surface area contributed by atoms with Crippen molar-refractivity contribution >= 4 is 12.0 Å². The Hall–Kier alpha value is -1.56. The summed E-state index contributed by atoms with van der Waals surface area (Å²) in [5.74, 6) is 1.31. The predicted octanol–water partition coefficient (Wildman–Crippen LogP) is 1.39. The van der Waals surface area contributed by atoms with Crippen LogP contribution in [0.1, 0.15) is 32.1 Å². The zero-order valence-corrected chi connectivity index (χ0v) is 14.7. The zero-order chi connectivity index (χ0) is 17.4. The van der Waals surface area contributed by atoms with E-state index >= 15 is 0 Å². The average Bonchev–Trinajstić information content (AvgIpc) is 3.12. The first-order valence-electron chi connectivity index (χ1n) is 9.47. The Labute approximate surface area is 147 Å². The van der Waals surface area contributed by atoms with Crippen molar-refractivity contribution in [1.82, 2.24) is 9.80 Å². The van der Waals surface area contributed by atoms with Crippen molar-refractivity contribution in [2.75, 3.05) is 26.8 Å². The molecule has 3 unspecified atom stereocenters. The van der Waals surface area contributed by atoms with Crippen LogP contribution < -0.4 is 0 Å². The molecule has 4 aliphatic carbocycles. The minimum absolute atomic E-state index is 0.0253. The fraction of sp³-hybridized carbons (Fsp3) is 0.789. The van der Waals surface area contributed by atoms with Crippen molar-refractivity contribution in [3.05, 3.63) is 12.2 Å². The number of esters is 1. The van der Waals surface area contributed by atoms with Gasteiger partial charge in [-0.05, 0) is 49.9 Å². The maximum absolute atomic E-state index is 13.1. The molecule has 6 heteroatoms. The molecule has 1 saturated heterocycles. The third-order valence-corrected chi connectivity index (χ3v) is 7.65. The van der Waals surface area contributed by atoms with Crippen LogP contribution in [-0.4, -0.2) is 65.3 Å². The molecular formula is C19H26N2O4. The lowest BCUT2D eigenvalue weighted by Crippen LogP contribution is -2.61. The fourth-order valence-corrected chi connectivity index (χ4v) is 6.97. The zero-order valence-electron chi connectivity index (χ0n) is 14.7. The third-order valence-electron chi connectivity index (χ3n) is 7.65. The quantitative estimate of drug-likeness (QED) is 0.619. The van der Waals surface area contributed by atoms with Gasteiger partial charge in [-0.25, -0.2) is 4.79 Å². The molecule has 6 aliphatic rings. The van der Waals surface area contributed by atoms with Gasteiger partial charge in [-0.2, -0.15) is 0 Å². The molecule has 136 valence electrons. The molecule has 2 amide bonds. The molecule has 0 aromatic carbocycles. The van der Waals surface area contributed by atoms with Gasteiger partial charge in [-0.15, -0.1) is 0 Å². The van der Waals surface area contributed by atoms with Gasteiger partial charge in [-0.3, -0.25) is 4.79 Å². The van der Waals surface area contributed by atoms with E-state index in [1.807, 2.05) is 22.0 Å². The monoisotopic (exact) mass is 346 g/mol. The van der Waals surface area contributed by atoms with E-state index in [0.29, 0.717) is 30.8 Å². The van der Waals surface area contributed by atoms with Crippen LogP contribution in [0.2, 0.25) is 0 Å². The van der Waals surface area contributed by atoms with Crippen LogP contribution in [0.3, 0.4) is 0 Å². The van der Waals surface area contributed by atoms with Crippen LogP contribution in [-0.2, 0) is 9.53 Å². The highest BCUT2D eigenvalue weighted by atomic mass is 16.5. The predicted molar refractivity (Wildman–Crippen MR) is 89.6 cm³/mol. The van der Waals surface area contributed by atoms with Crippen LogP contribution >= 0.6 is 0 Å². The number of amides is 2. The topological polar surface area (TPSA) is 70.1 Å². The number of rotatable bonds is 3. The largest absolute Gasteiger partial charge is 0.469 e. The van der Waals surface area contributed by atoms with Gasteiger partial charge in [0, 0.05) is 12.6 Å². The Balaban J connectivity index is 1.45. The molecule has 4 saturated carbocycles. The number of urea groups is 1. The maximum Gasteiger partial charge on any atom is 0.321 e. The summed E-state index contributed by atoms with van der Waals surface area (Å²) in [7, 11) is 1.49. The highest BCUT2D eigenvalue weighted by molar-refractivity contribution is 5.81. The van der Waals surface area contributed by atoms with E-state index < -0.39 is 5.54 Å². The van der Waals surface area contributed by atoms with Gasteiger partial charge in [0.2, 0.25) is 0 Å². The Morgan fingerprint density at radius 2 is 2.04 bits per heavy atom. The smallest absolute Gasteiger partial charge is 0.321 e. The lowest BCUT2D eigenvalue weighted by molar-refractivity contribution is -0.174. The first-order valence-corrected chi connectivity index (χ1v) is 9.47. The van der Waals surface area contributed by atoms with Gasteiger partial charge < -0.3 is 19.6 Å². The van der Waals surface area contributed by atoms with Gasteiger partial charge in [0.25, 0.3) is 0 Å². The van der Waals surface area contributed by atoms with Crippen LogP contribution in [0.5, 0.6) is 0 Å². The number of hydrogen-bond donors (Lipinski definition) is 1. The first-order chi connectivity index (χ1) is 12.0. The molecule has 2 heterocycles. The van der Waals surface area contributed by atoms with Gasteiger partial charge >= 0.3 is 12.0 Å². The summed E-state index contributed by atoms with van der Waals surface area (Å²) < 4.78 is 5.14. The number of carbonyl (C=O) groups excluding carboxylic acids is 2. The second-order valence-corrected chi connectivity index (χ2v) is 8.92. The molecule has 0 spiro atoms. The van der Waals surface area contributed by atoms with Crippen LogP contribution in [0, 0.1) is 23.2 Å². The van der Waals surface area contributed by atoms with Crippen molar-refractivity contribution < 1.29 is 19.4 Å².